The van der Waals surface area contributed by atoms with Crippen molar-refractivity contribution in [1.82, 2.24) is 0 Å². The summed E-state index contributed by atoms with van der Waals surface area (Å²) < 4.78 is 3.01. The van der Waals surface area contributed by atoms with Gasteiger partial charge in [0.2, 0.25) is 0 Å². The van der Waals surface area contributed by atoms with Crippen LogP contribution in [0.5, 0.6) is 0 Å². The van der Waals surface area contributed by atoms with Gasteiger partial charge >= 0.3 is 5.97 Å². The zero-order chi connectivity index (χ0) is 13.1. The number of rotatable bonds is 4. The molecule has 0 amide bonds. The van der Waals surface area contributed by atoms with E-state index < -0.39 is 10.4 Å². The van der Waals surface area contributed by atoms with Gasteiger partial charge in [0.15, 0.2) is 0 Å². The lowest BCUT2D eigenvalue weighted by Crippen LogP contribution is -2.36. The Labute approximate surface area is 111 Å². The normalized spacial score (nSPS) is 11.1. The van der Waals surface area contributed by atoms with Crippen molar-refractivity contribution in [2.24, 2.45) is 0 Å². The molecule has 17 heavy (non-hydrogen) atoms. The van der Waals surface area contributed by atoms with Crippen LogP contribution in [0.15, 0.2) is 18.2 Å². The van der Waals surface area contributed by atoms with E-state index in [1.54, 1.807) is 6.92 Å². The van der Waals surface area contributed by atoms with E-state index in [0.29, 0.717) is 5.69 Å². The Bertz CT molecular complexity index is 419. The molecule has 0 saturated carbocycles. The lowest BCUT2D eigenvalue weighted by molar-refractivity contribution is -0.143. The number of hydrogen-bond donors (Lipinski definition) is 1. The molecule has 0 aliphatic rings. The smallest absolute Gasteiger partial charge is 0.363 e. The fraction of sp³-hybridized carbons (Fsp3) is 0.417. The summed E-state index contributed by atoms with van der Waals surface area (Å²) in [5, 5.41) is 2.75. The van der Waals surface area contributed by atoms with Crippen LogP contribution in [0.2, 0.25) is 0 Å². The minimum atomic E-state index is -1.77. The Morgan fingerprint density at radius 2 is 2.06 bits per heavy atom. The van der Waals surface area contributed by atoms with Gasteiger partial charge in [-0.15, -0.1) is 0 Å². The third-order valence-electron chi connectivity index (χ3n) is 2.21. The highest BCUT2D eigenvalue weighted by atomic mass is 35.5. The van der Waals surface area contributed by atoms with Gasteiger partial charge in [0.25, 0.3) is 4.46 Å². The maximum absolute atomic E-state index is 11.5. The molecule has 0 spiro atoms. The number of ether oxygens (including phenoxy) is 1. The summed E-state index contributed by atoms with van der Waals surface area (Å²) in [6.45, 7) is 5.81. The second kappa shape index (κ2) is 5.61. The van der Waals surface area contributed by atoms with E-state index in [1.165, 1.54) is 0 Å². The van der Waals surface area contributed by atoms with Crippen molar-refractivity contribution >= 4 is 34.9 Å². The second-order valence-corrected chi connectivity index (χ2v) is 5.07. The van der Waals surface area contributed by atoms with Crippen LogP contribution in [-0.4, -0.2) is 17.0 Å². The van der Waals surface area contributed by atoms with Crippen LogP contribution in [-0.2, 0) is 9.53 Å². The van der Waals surface area contributed by atoms with E-state index in [2.05, 4.69) is 5.32 Å². The molecule has 1 aromatic rings. The molecule has 0 aliphatic carbocycles. The Morgan fingerprint density at radius 1 is 1.41 bits per heavy atom. The zero-order valence-electron chi connectivity index (χ0n) is 10.0. The Balaban J connectivity index is 2.86. The standard InChI is InChI=1S/C12H15Cl2NO2/c1-4-17-11(16)12(13,14)15-10-6-5-8(2)7-9(10)3/h5-7,15H,4H2,1-3H3. The van der Waals surface area contributed by atoms with Crippen LogP contribution in [0.4, 0.5) is 5.69 Å². The van der Waals surface area contributed by atoms with Crippen LogP contribution in [0.1, 0.15) is 18.1 Å². The lowest BCUT2D eigenvalue weighted by atomic mass is 10.1. The second-order valence-electron chi connectivity index (χ2n) is 3.74. The molecular weight excluding hydrogens is 261 g/mol. The number of esters is 1. The monoisotopic (exact) mass is 275 g/mol. The topological polar surface area (TPSA) is 38.3 Å². The van der Waals surface area contributed by atoms with Gasteiger partial charge < -0.3 is 10.1 Å². The molecule has 1 N–H and O–H groups in total. The number of anilines is 1. The number of carbonyl (C=O) groups excluding carboxylic acids is 1. The van der Waals surface area contributed by atoms with Crippen molar-refractivity contribution < 1.29 is 9.53 Å². The summed E-state index contributed by atoms with van der Waals surface area (Å²) >= 11 is 11.8. The van der Waals surface area contributed by atoms with Gasteiger partial charge in [0.05, 0.1) is 6.61 Å². The molecular formula is C12H15Cl2NO2. The van der Waals surface area contributed by atoms with Gasteiger partial charge in [-0.3, -0.25) is 0 Å². The summed E-state index contributed by atoms with van der Waals surface area (Å²) in [6.07, 6.45) is 0. The fourth-order valence-corrected chi connectivity index (χ4v) is 1.71. The van der Waals surface area contributed by atoms with Crippen molar-refractivity contribution in [1.29, 1.82) is 0 Å². The Kier molecular flexibility index (Phi) is 4.66. The first kappa shape index (κ1) is 14.1. The molecule has 1 aromatic carbocycles. The highest BCUT2D eigenvalue weighted by Gasteiger charge is 2.35. The van der Waals surface area contributed by atoms with E-state index in [0.717, 1.165) is 11.1 Å². The minimum absolute atomic E-state index is 0.231. The van der Waals surface area contributed by atoms with Crippen LogP contribution in [0.3, 0.4) is 0 Å². The number of aryl methyl sites for hydroxylation is 2. The van der Waals surface area contributed by atoms with Crippen molar-refractivity contribution in [3.63, 3.8) is 0 Å². The molecule has 0 heterocycles. The molecule has 5 heteroatoms. The molecule has 0 bridgehead atoms. The van der Waals surface area contributed by atoms with Crippen molar-refractivity contribution in [2.45, 2.75) is 25.2 Å². The number of hydrogen-bond acceptors (Lipinski definition) is 3. The number of halogens is 2. The van der Waals surface area contributed by atoms with E-state index in [-0.39, 0.29) is 6.61 Å². The molecule has 0 radical (unpaired) electrons. The van der Waals surface area contributed by atoms with Gasteiger partial charge in [-0.1, -0.05) is 40.9 Å². The maximum atomic E-state index is 11.5. The summed E-state index contributed by atoms with van der Waals surface area (Å²) in [4.78, 5) is 11.5. The molecule has 0 saturated heterocycles. The third-order valence-corrected chi connectivity index (χ3v) is 2.70. The zero-order valence-corrected chi connectivity index (χ0v) is 11.5. The van der Waals surface area contributed by atoms with Gasteiger partial charge in [-0.2, -0.15) is 0 Å². The quantitative estimate of drug-likeness (QED) is 0.520. The third kappa shape index (κ3) is 3.79. The van der Waals surface area contributed by atoms with E-state index in [4.69, 9.17) is 27.9 Å². The van der Waals surface area contributed by atoms with Crippen molar-refractivity contribution in [3.05, 3.63) is 29.3 Å². The predicted molar refractivity (Wildman–Crippen MR) is 70.6 cm³/mol. The first-order valence-electron chi connectivity index (χ1n) is 5.27. The van der Waals surface area contributed by atoms with Crippen LogP contribution >= 0.6 is 23.2 Å². The van der Waals surface area contributed by atoms with E-state index in [9.17, 15) is 4.79 Å². The van der Waals surface area contributed by atoms with Gasteiger partial charge in [-0.05, 0) is 32.4 Å². The van der Waals surface area contributed by atoms with E-state index >= 15 is 0 Å². The van der Waals surface area contributed by atoms with Crippen LogP contribution in [0, 0.1) is 13.8 Å². The molecule has 3 nitrogen and oxygen atoms in total. The maximum Gasteiger partial charge on any atom is 0.363 e. The predicted octanol–water partition coefficient (Wildman–Crippen LogP) is 3.41. The first-order chi connectivity index (χ1) is 7.86. The van der Waals surface area contributed by atoms with Gasteiger partial charge in [-0.25, -0.2) is 4.79 Å². The molecule has 0 fully saturated rings. The Morgan fingerprint density at radius 3 is 2.59 bits per heavy atom. The highest BCUT2D eigenvalue weighted by molar-refractivity contribution is 6.58. The molecule has 0 aromatic heterocycles. The number of benzene rings is 1. The van der Waals surface area contributed by atoms with Crippen molar-refractivity contribution in [3.8, 4) is 0 Å². The van der Waals surface area contributed by atoms with Gasteiger partial charge in [0.1, 0.15) is 0 Å². The number of nitrogens with one attached hydrogen (secondary N) is 1. The molecule has 0 unspecified atom stereocenters. The van der Waals surface area contributed by atoms with Crippen LogP contribution < -0.4 is 5.32 Å². The number of alkyl halides is 2. The largest absolute Gasteiger partial charge is 0.462 e. The SMILES string of the molecule is CCOC(=O)C(Cl)(Cl)Nc1ccc(C)cc1C. The fourth-order valence-electron chi connectivity index (χ4n) is 1.40. The first-order valence-corrected chi connectivity index (χ1v) is 6.03. The average molecular weight is 276 g/mol. The number of carbonyl (C=O) groups is 1. The van der Waals surface area contributed by atoms with Crippen molar-refractivity contribution in [2.75, 3.05) is 11.9 Å². The van der Waals surface area contributed by atoms with Crippen LogP contribution in [0.25, 0.3) is 0 Å². The lowest BCUT2D eigenvalue weighted by Gasteiger charge is -2.21. The summed E-state index contributed by atoms with van der Waals surface area (Å²) in [5.41, 5.74) is 2.78. The summed E-state index contributed by atoms with van der Waals surface area (Å²) in [7, 11) is 0. The molecule has 0 atom stereocenters. The summed E-state index contributed by atoms with van der Waals surface area (Å²) in [5.74, 6) is -0.705. The minimum Gasteiger partial charge on any atom is -0.462 e. The van der Waals surface area contributed by atoms with E-state index in [1.807, 2.05) is 32.0 Å². The van der Waals surface area contributed by atoms with Gasteiger partial charge in [0, 0.05) is 5.69 Å². The Hall–Kier alpha value is -0.930. The average Bonchev–Trinajstić information content (AvgIpc) is 2.22. The molecule has 94 valence electrons. The molecule has 1 rings (SSSR count). The molecule has 0 aliphatic heterocycles. The highest BCUT2D eigenvalue weighted by Crippen LogP contribution is 2.27. The summed E-state index contributed by atoms with van der Waals surface area (Å²) in [6, 6.07) is 5.70.